The Morgan fingerprint density at radius 3 is 2.75 bits per heavy atom. The van der Waals surface area contributed by atoms with Crippen molar-refractivity contribution >= 4 is 17.2 Å². The van der Waals surface area contributed by atoms with Crippen molar-refractivity contribution in [1.29, 1.82) is 0 Å². The molecule has 0 spiro atoms. The molecule has 0 unspecified atom stereocenters. The predicted molar refractivity (Wildman–Crippen MR) is 89.9 cm³/mol. The fourth-order valence-corrected chi connectivity index (χ4v) is 2.24. The number of benzene rings is 1. The number of carbonyl (C=O) groups excluding carboxylic acids is 1. The first-order valence-corrected chi connectivity index (χ1v) is 7.84. The third kappa shape index (κ3) is 3.71. The van der Waals surface area contributed by atoms with E-state index in [2.05, 4.69) is 17.2 Å². The molecule has 5 nitrogen and oxygen atoms in total. The number of pyridine rings is 1. The van der Waals surface area contributed by atoms with E-state index in [1.165, 1.54) is 28.9 Å². The maximum atomic E-state index is 13.2. The van der Waals surface area contributed by atoms with Gasteiger partial charge in [-0.3, -0.25) is 4.79 Å². The van der Waals surface area contributed by atoms with Crippen molar-refractivity contribution < 1.29 is 13.9 Å². The van der Waals surface area contributed by atoms with E-state index in [-0.39, 0.29) is 17.4 Å². The van der Waals surface area contributed by atoms with Crippen LogP contribution in [0.25, 0.3) is 5.65 Å². The van der Waals surface area contributed by atoms with E-state index in [1.54, 1.807) is 12.1 Å². The SMILES string of the molecule is CCCCOc1ccc(NC(=O)c2cn3cc(F)ccc3n2)cc1. The van der Waals surface area contributed by atoms with Gasteiger partial charge in [0.25, 0.3) is 5.91 Å². The summed E-state index contributed by atoms with van der Waals surface area (Å²) in [5.41, 5.74) is 1.39. The van der Waals surface area contributed by atoms with Crippen molar-refractivity contribution in [2.45, 2.75) is 19.8 Å². The van der Waals surface area contributed by atoms with E-state index in [0.717, 1.165) is 18.6 Å². The highest BCUT2D eigenvalue weighted by Gasteiger charge is 2.11. The lowest BCUT2D eigenvalue weighted by atomic mass is 10.3. The zero-order valence-corrected chi connectivity index (χ0v) is 13.3. The molecule has 0 aliphatic rings. The standard InChI is InChI=1S/C18H18FN3O2/c1-2-3-10-24-15-7-5-14(6-8-15)20-18(23)16-12-22-11-13(19)4-9-17(22)21-16/h4-9,11-12H,2-3,10H2,1H3,(H,20,23). The molecule has 0 radical (unpaired) electrons. The Bertz CT molecular complexity index is 843. The Kier molecular flexibility index (Phi) is 4.74. The number of amides is 1. The molecule has 0 saturated heterocycles. The number of ether oxygens (including phenoxy) is 1. The second kappa shape index (κ2) is 7.12. The van der Waals surface area contributed by atoms with Crippen LogP contribution in [-0.4, -0.2) is 21.9 Å². The molecule has 1 aromatic carbocycles. The monoisotopic (exact) mass is 327 g/mol. The van der Waals surface area contributed by atoms with Crippen LogP contribution >= 0.6 is 0 Å². The van der Waals surface area contributed by atoms with Crippen LogP contribution in [0.2, 0.25) is 0 Å². The molecule has 0 aliphatic heterocycles. The Morgan fingerprint density at radius 1 is 1.21 bits per heavy atom. The van der Waals surface area contributed by atoms with Crippen LogP contribution in [-0.2, 0) is 0 Å². The van der Waals surface area contributed by atoms with Gasteiger partial charge in [0, 0.05) is 18.1 Å². The third-order valence-electron chi connectivity index (χ3n) is 3.53. The lowest BCUT2D eigenvalue weighted by molar-refractivity contribution is 0.102. The molecule has 24 heavy (non-hydrogen) atoms. The van der Waals surface area contributed by atoms with Gasteiger partial charge in [-0.25, -0.2) is 9.37 Å². The Hall–Kier alpha value is -2.89. The van der Waals surface area contributed by atoms with Crippen LogP contribution in [0.15, 0.2) is 48.8 Å². The van der Waals surface area contributed by atoms with Crippen molar-refractivity contribution in [3.63, 3.8) is 0 Å². The zero-order chi connectivity index (χ0) is 16.9. The molecule has 2 heterocycles. The fourth-order valence-electron chi connectivity index (χ4n) is 2.24. The molecule has 0 atom stereocenters. The maximum Gasteiger partial charge on any atom is 0.275 e. The average Bonchev–Trinajstić information content (AvgIpc) is 3.00. The number of nitrogens with one attached hydrogen (secondary N) is 1. The number of nitrogens with zero attached hydrogens (tertiary/aromatic N) is 2. The van der Waals surface area contributed by atoms with Crippen LogP contribution in [0, 0.1) is 5.82 Å². The van der Waals surface area contributed by atoms with Gasteiger partial charge in [-0.15, -0.1) is 0 Å². The minimum absolute atomic E-state index is 0.226. The minimum Gasteiger partial charge on any atom is -0.494 e. The van der Waals surface area contributed by atoms with Crippen LogP contribution in [0.1, 0.15) is 30.3 Å². The Morgan fingerprint density at radius 2 is 2.00 bits per heavy atom. The van der Waals surface area contributed by atoms with Crippen molar-refractivity contribution in [3.05, 3.63) is 60.3 Å². The van der Waals surface area contributed by atoms with Crippen LogP contribution in [0.5, 0.6) is 5.75 Å². The first kappa shape index (κ1) is 16.0. The summed E-state index contributed by atoms with van der Waals surface area (Å²) in [5, 5.41) is 2.76. The molecule has 0 aliphatic carbocycles. The number of fused-ring (bicyclic) bond motifs is 1. The quantitative estimate of drug-likeness (QED) is 0.699. The normalized spacial score (nSPS) is 10.8. The summed E-state index contributed by atoms with van der Waals surface area (Å²) in [6, 6.07) is 9.99. The first-order valence-electron chi connectivity index (χ1n) is 7.84. The maximum absolute atomic E-state index is 13.2. The summed E-state index contributed by atoms with van der Waals surface area (Å²) in [6.07, 6.45) is 4.86. The molecule has 2 aromatic heterocycles. The van der Waals surface area contributed by atoms with Gasteiger partial charge in [0.15, 0.2) is 0 Å². The number of unbranched alkanes of at least 4 members (excludes halogenated alkanes) is 1. The molecular formula is C18H18FN3O2. The second-order valence-electron chi connectivity index (χ2n) is 5.42. The number of hydrogen-bond acceptors (Lipinski definition) is 3. The van der Waals surface area contributed by atoms with E-state index < -0.39 is 0 Å². The van der Waals surface area contributed by atoms with Crippen molar-refractivity contribution in [1.82, 2.24) is 9.38 Å². The summed E-state index contributed by atoms with van der Waals surface area (Å²) in [4.78, 5) is 16.4. The number of hydrogen-bond donors (Lipinski definition) is 1. The van der Waals surface area contributed by atoms with Crippen molar-refractivity contribution in [2.75, 3.05) is 11.9 Å². The second-order valence-corrected chi connectivity index (χ2v) is 5.42. The third-order valence-corrected chi connectivity index (χ3v) is 3.53. The van der Waals surface area contributed by atoms with Gasteiger partial charge in [0.2, 0.25) is 0 Å². The molecule has 1 N–H and O–H groups in total. The predicted octanol–water partition coefficient (Wildman–Crippen LogP) is 3.90. The molecule has 0 bridgehead atoms. The summed E-state index contributed by atoms with van der Waals surface area (Å²) < 4.78 is 20.2. The van der Waals surface area contributed by atoms with E-state index in [9.17, 15) is 9.18 Å². The molecular weight excluding hydrogens is 309 g/mol. The van der Waals surface area contributed by atoms with Crippen LogP contribution in [0.4, 0.5) is 10.1 Å². The molecule has 3 aromatic rings. The molecule has 3 rings (SSSR count). The number of anilines is 1. The summed E-state index contributed by atoms with van der Waals surface area (Å²) in [7, 11) is 0. The van der Waals surface area contributed by atoms with Gasteiger partial charge < -0.3 is 14.5 Å². The van der Waals surface area contributed by atoms with Crippen molar-refractivity contribution in [3.8, 4) is 5.75 Å². The highest BCUT2D eigenvalue weighted by atomic mass is 19.1. The Labute approximate surface area is 139 Å². The molecule has 124 valence electrons. The summed E-state index contributed by atoms with van der Waals surface area (Å²) in [5.74, 6) is 0.0360. The van der Waals surface area contributed by atoms with Crippen molar-refractivity contribution in [2.24, 2.45) is 0 Å². The largest absolute Gasteiger partial charge is 0.494 e. The van der Waals surface area contributed by atoms with Gasteiger partial charge in [-0.05, 0) is 42.8 Å². The number of rotatable bonds is 6. The van der Waals surface area contributed by atoms with Gasteiger partial charge in [-0.1, -0.05) is 13.3 Å². The van der Waals surface area contributed by atoms with Gasteiger partial charge in [-0.2, -0.15) is 0 Å². The van der Waals surface area contributed by atoms with E-state index >= 15 is 0 Å². The number of imidazole rings is 1. The minimum atomic E-state index is -0.384. The van der Waals surface area contributed by atoms with E-state index in [4.69, 9.17) is 4.74 Å². The lowest BCUT2D eigenvalue weighted by Gasteiger charge is -2.07. The van der Waals surface area contributed by atoms with Crippen LogP contribution < -0.4 is 10.1 Å². The summed E-state index contributed by atoms with van der Waals surface area (Å²) >= 11 is 0. The number of halogens is 1. The average molecular weight is 327 g/mol. The van der Waals surface area contributed by atoms with Gasteiger partial charge in [0.05, 0.1) is 6.61 Å². The Balaban J connectivity index is 1.67. The topological polar surface area (TPSA) is 55.6 Å². The number of aromatic nitrogens is 2. The van der Waals surface area contributed by atoms with E-state index in [0.29, 0.717) is 17.9 Å². The fraction of sp³-hybridized carbons (Fsp3) is 0.222. The molecule has 0 saturated carbocycles. The molecule has 1 amide bonds. The highest BCUT2D eigenvalue weighted by Crippen LogP contribution is 2.17. The lowest BCUT2D eigenvalue weighted by Crippen LogP contribution is -2.12. The van der Waals surface area contributed by atoms with Gasteiger partial charge >= 0.3 is 0 Å². The van der Waals surface area contributed by atoms with E-state index in [1.807, 2.05) is 12.1 Å². The molecule has 0 fully saturated rings. The zero-order valence-electron chi connectivity index (χ0n) is 13.3. The highest BCUT2D eigenvalue weighted by molar-refractivity contribution is 6.03. The summed E-state index contributed by atoms with van der Waals surface area (Å²) in [6.45, 7) is 2.79. The molecule has 6 heteroatoms. The number of carbonyl (C=O) groups is 1. The van der Waals surface area contributed by atoms with Gasteiger partial charge in [0.1, 0.15) is 22.9 Å². The van der Waals surface area contributed by atoms with Crippen LogP contribution in [0.3, 0.4) is 0 Å². The smallest absolute Gasteiger partial charge is 0.275 e. The first-order chi connectivity index (χ1) is 11.7.